The number of nitrogen functional groups attached to an aromatic ring is 1. The van der Waals surface area contributed by atoms with Crippen molar-refractivity contribution in [2.24, 2.45) is 0 Å². The van der Waals surface area contributed by atoms with Crippen LogP contribution in [0.4, 0.5) is 5.13 Å². The Kier molecular flexibility index (Phi) is 9.20. The van der Waals surface area contributed by atoms with Crippen molar-refractivity contribution in [1.82, 2.24) is 9.88 Å². The number of anilines is 1. The van der Waals surface area contributed by atoms with Gasteiger partial charge in [-0.1, -0.05) is 36.4 Å². The first-order valence-corrected chi connectivity index (χ1v) is 8.71. The molecule has 2 N–H and O–H groups in total. The van der Waals surface area contributed by atoms with Crippen LogP contribution in [0.25, 0.3) is 0 Å². The summed E-state index contributed by atoms with van der Waals surface area (Å²) in [6.45, 7) is 7.15. The molecule has 0 saturated carbocycles. The quantitative estimate of drug-likeness (QED) is 0.533. The second-order valence-corrected chi connectivity index (χ2v) is 6.49. The lowest BCUT2D eigenvalue weighted by Gasteiger charge is -2.28. The molecule has 5 nitrogen and oxygen atoms in total. The largest absolute Gasteiger partial charge is 0.465 e. The molecule has 0 saturated heterocycles. The Bertz CT molecular complexity index is 663. The van der Waals surface area contributed by atoms with Gasteiger partial charge < -0.3 is 10.5 Å². The van der Waals surface area contributed by atoms with E-state index in [1.807, 2.05) is 42.2 Å². The van der Waals surface area contributed by atoms with E-state index in [4.69, 9.17) is 10.5 Å². The number of aromatic nitrogens is 1. The first-order chi connectivity index (χ1) is 11.6. The van der Waals surface area contributed by atoms with E-state index >= 15 is 0 Å². The van der Waals surface area contributed by atoms with Gasteiger partial charge in [-0.2, -0.15) is 0 Å². The molecule has 2 aromatic rings. The van der Waals surface area contributed by atoms with Crippen LogP contribution >= 0.6 is 23.7 Å². The van der Waals surface area contributed by atoms with Crippen molar-refractivity contribution in [3.05, 3.63) is 59.6 Å². The fourth-order valence-corrected chi connectivity index (χ4v) is 3.21. The van der Waals surface area contributed by atoms with E-state index in [0.29, 0.717) is 31.2 Å². The summed E-state index contributed by atoms with van der Waals surface area (Å²) >= 11 is 1.43. The van der Waals surface area contributed by atoms with Gasteiger partial charge in [0.05, 0.1) is 6.61 Å². The second-order valence-electron chi connectivity index (χ2n) is 5.34. The first kappa shape index (κ1) is 21.2. The third kappa shape index (κ3) is 6.49. The van der Waals surface area contributed by atoms with Gasteiger partial charge in [0.15, 0.2) is 5.13 Å². The predicted molar refractivity (Wildman–Crippen MR) is 105 cm³/mol. The Morgan fingerprint density at radius 3 is 2.72 bits per heavy atom. The van der Waals surface area contributed by atoms with E-state index in [9.17, 15) is 4.79 Å². The number of nitrogens with two attached hydrogens (primary N) is 1. The topological polar surface area (TPSA) is 68.5 Å². The molecule has 0 amide bonds. The lowest BCUT2D eigenvalue weighted by Crippen LogP contribution is -2.43. The summed E-state index contributed by atoms with van der Waals surface area (Å²) in [5.41, 5.74) is 6.80. The Balaban J connectivity index is 0.00000312. The predicted octanol–water partition coefficient (Wildman–Crippen LogP) is 3.31. The third-order valence-corrected chi connectivity index (χ3v) is 4.38. The van der Waals surface area contributed by atoms with E-state index in [-0.39, 0.29) is 24.4 Å². The minimum Gasteiger partial charge on any atom is -0.465 e. The zero-order valence-electron chi connectivity index (χ0n) is 14.3. The monoisotopic (exact) mass is 381 g/mol. The molecule has 0 radical (unpaired) electrons. The maximum Gasteiger partial charge on any atom is 0.323 e. The SMILES string of the molecule is C=CCN(Cc1cnc(N)s1)C(Cc1ccccc1)C(=O)OCC.Cl. The summed E-state index contributed by atoms with van der Waals surface area (Å²) in [6, 6.07) is 9.56. The number of hydrogen-bond acceptors (Lipinski definition) is 6. The summed E-state index contributed by atoms with van der Waals surface area (Å²) in [4.78, 5) is 19.7. The molecule has 1 atom stereocenters. The number of carbonyl (C=O) groups is 1. The number of rotatable bonds is 9. The molecule has 1 heterocycles. The molecule has 136 valence electrons. The number of thiazole rings is 1. The van der Waals surface area contributed by atoms with Crippen molar-refractivity contribution < 1.29 is 9.53 Å². The van der Waals surface area contributed by atoms with Crippen molar-refractivity contribution >= 4 is 34.8 Å². The highest BCUT2D eigenvalue weighted by molar-refractivity contribution is 7.15. The van der Waals surface area contributed by atoms with Crippen LogP contribution < -0.4 is 5.73 Å². The van der Waals surface area contributed by atoms with Gasteiger partial charge in [0.1, 0.15) is 6.04 Å². The molecule has 1 aromatic heterocycles. The molecule has 2 rings (SSSR count). The van der Waals surface area contributed by atoms with Crippen LogP contribution in [0.5, 0.6) is 0 Å². The molecular weight excluding hydrogens is 358 g/mol. The fourth-order valence-electron chi connectivity index (χ4n) is 2.50. The average Bonchev–Trinajstić information content (AvgIpc) is 2.98. The Labute approximate surface area is 158 Å². The minimum atomic E-state index is -0.381. The van der Waals surface area contributed by atoms with Gasteiger partial charge in [0.2, 0.25) is 0 Å². The number of nitrogens with zero attached hydrogens (tertiary/aromatic N) is 2. The highest BCUT2D eigenvalue weighted by Gasteiger charge is 2.27. The van der Waals surface area contributed by atoms with Gasteiger partial charge in [0, 0.05) is 24.2 Å². The fraction of sp³-hybridized carbons (Fsp3) is 0.333. The van der Waals surface area contributed by atoms with Crippen molar-refractivity contribution in [1.29, 1.82) is 0 Å². The summed E-state index contributed by atoms with van der Waals surface area (Å²) in [6.07, 6.45) is 4.13. The van der Waals surface area contributed by atoms with Gasteiger partial charge in [0.25, 0.3) is 0 Å². The van der Waals surface area contributed by atoms with Gasteiger partial charge >= 0.3 is 5.97 Å². The molecule has 25 heavy (non-hydrogen) atoms. The maximum atomic E-state index is 12.5. The second kappa shape index (κ2) is 10.9. The van der Waals surface area contributed by atoms with Crippen LogP contribution in [0.3, 0.4) is 0 Å². The normalized spacial score (nSPS) is 11.6. The van der Waals surface area contributed by atoms with E-state index in [2.05, 4.69) is 11.6 Å². The Hall–Kier alpha value is -1.89. The van der Waals surface area contributed by atoms with Gasteiger partial charge in [-0.3, -0.25) is 9.69 Å². The van der Waals surface area contributed by atoms with Crippen molar-refractivity contribution in [2.75, 3.05) is 18.9 Å². The molecule has 0 bridgehead atoms. The average molecular weight is 382 g/mol. The van der Waals surface area contributed by atoms with Crippen molar-refractivity contribution in [3.8, 4) is 0 Å². The molecule has 0 aliphatic carbocycles. The van der Waals surface area contributed by atoms with Crippen LogP contribution in [-0.2, 0) is 22.5 Å². The molecule has 0 aliphatic rings. The summed E-state index contributed by atoms with van der Waals surface area (Å²) in [5.74, 6) is -0.222. The van der Waals surface area contributed by atoms with Crippen molar-refractivity contribution in [2.45, 2.75) is 25.9 Å². The van der Waals surface area contributed by atoms with Crippen LogP contribution in [0, 0.1) is 0 Å². The summed E-state index contributed by atoms with van der Waals surface area (Å²) < 4.78 is 5.29. The highest BCUT2D eigenvalue weighted by Crippen LogP contribution is 2.20. The minimum absolute atomic E-state index is 0. The van der Waals surface area contributed by atoms with Gasteiger partial charge in [-0.15, -0.1) is 30.3 Å². The van der Waals surface area contributed by atoms with Crippen LogP contribution in [0.15, 0.2) is 49.2 Å². The third-order valence-electron chi connectivity index (χ3n) is 3.57. The number of benzene rings is 1. The van der Waals surface area contributed by atoms with E-state index in [1.54, 1.807) is 12.3 Å². The van der Waals surface area contributed by atoms with Crippen LogP contribution in [0.1, 0.15) is 17.4 Å². The number of carbonyl (C=O) groups excluding carboxylic acids is 1. The lowest BCUT2D eigenvalue weighted by molar-refractivity contribution is -0.149. The van der Waals surface area contributed by atoms with Crippen LogP contribution in [-0.4, -0.2) is 35.0 Å². The smallest absolute Gasteiger partial charge is 0.323 e. The maximum absolute atomic E-state index is 12.5. The standard InChI is InChI=1S/C18H23N3O2S.ClH/c1-3-10-21(13-15-12-20-18(19)24-15)16(17(22)23-4-2)11-14-8-6-5-7-9-14;/h3,5-9,12,16H,1,4,10-11,13H2,2H3,(H2,19,20);1H. The molecule has 1 aromatic carbocycles. The Morgan fingerprint density at radius 2 is 2.16 bits per heavy atom. The number of hydrogen-bond donors (Lipinski definition) is 1. The van der Waals surface area contributed by atoms with Crippen molar-refractivity contribution in [3.63, 3.8) is 0 Å². The molecule has 0 fully saturated rings. The Morgan fingerprint density at radius 1 is 1.44 bits per heavy atom. The summed E-state index contributed by atoms with van der Waals surface area (Å²) in [5, 5.41) is 0.527. The van der Waals surface area contributed by atoms with Crippen LogP contribution in [0.2, 0.25) is 0 Å². The lowest BCUT2D eigenvalue weighted by atomic mass is 10.0. The first-order valence-electron chi connectivity index (χ1n) is 7.89. The number of ether oxygens (including phenoxy) is 1. The number of halogens is 1. The van der Waals surface area contributed by atoms with E-state index in [1.165, 1.54) is 11.3 Å². The molecular formula is C18H24ClN3O2S. The number of esters is 1. The molecule has 1 unspecified atom stereocenters. The van der Waals surface area contributed by atoms with Gasteiger partial charge in [-0.05, 0) is 18.9 Å². The summed E-state index contributed by atoms with van der Waals surface area (Å²) in [7, 11) is 0. The van der Waals surface area contributed by atoms with Gasteiger partial charge in [-0.25, -0.2) is 4.98 Å². The highest BCUT2D eigenvalue weighted by atomic mass is 35.5. The zero-order valence-corrected chi connectivity index (χ0v) is 15.9. The molecule has 7 heteroatoms. The zero-order chi connectivity index (χ0) is 17.4. The van der Waals surface area contributed by atoms with E-state index < -0.39 is 0 Å². The molecule has 0 spiro atoms. The van der Waals surface area contributed by atoms with E-state index in [0.717, 1.165) is 10.4 Å². The molecule has 0 aliphatic heterocycles.